The third-order valence-corrected chi connectivity index (χ3v) is 6.49. The molecule has 1 aliphatic heterocycles. The highest BCUT2D eigenvalue weighted by Crippen LogP contribution is 2.28. The third kappa shape index (κ3) is 6.56. The van der Waals surface area contributed by atoms with Gasteiger partial charge in [-0.1, -0.05) is 31.2 Å². The van der Waals surface area contributed by atoms with Gasteiger partial charge in [0, 0.05) is 30.5 Å². The Balaban J connectivity index is 1.65. The number of amides is 3. The van der Waals surface area contributed by atoms with Crippen molar-refractivity contribution >= 4 is 29.1 Å². The van der Waals surface area contributed by atoms with Crippen molar-refractivity contribution in [2.24, 2.45) is 0 Å². The van der Waals surface area contributed by atoms with E-state index in [-0.39, 0.29) is 42.8 Å². The van der Waals surface area contributed by atoms with Crippen molar-refractivity contribution in [2.45, 2.75) is 51.6 Å². The van der Waals surface area contributed by atoms with Crippen LogP contribution in [0, 0.1) is 0 Å². The summed E-state index contributed by atoms with van der Waals surface area (Å²) < 4.78 is 5.87. The molecule has 2 aromatic rings. The maximum Gasteiger partial charge on any atom is 0.260 e. The molecule has 1 fully saturated rings. The van der Waals surface area contributed by atoms with E-state index in [4.69, 9.17) is 4.74 Å². The molecule has 0 saturated carbocycles. The number of thiophene rings is 1. The van der Waals surface area contributed by atoms with E-state index in [1.165, 1.54) is 18.3 Å². The molecular weight excluding hydrogens is 426 g/mol. The van der Waals surface area contributed by atoms with E-state index in [9.17, 15) is 14.4 Å². The maximum absolute atomic E-state index is 12.9. The van der Waals surface area contributed by atoms with Gasteiger partial charge in [0.1, 0.15) is 5.75 Å². The number of rotatable bonds is 10. The topological polar surface area (TPSA) is 87.7 Å². The van der Waals surface area contributed by atoms with Crippen LogP contribution in [0.3, 0.4) is 0 Å². The first kappa shape index (κ1) is 23.8. The first-order valence-electron chi connectivity index (χ1n) is 11.1. The predicted molar refractivity (Wildman–Crippen MR) is 124 cm³/mol. The van der Waals surface area contributed by atoms with Crippen LogP contribution in [0.5, 0.6) is 5.75 Å². The van der Waals surface area contributed by atoms with Crippen LogP contribution < -0.4 is 15.4 Å². The van der Waals surface area contributed by atoms with Crippen LogP contribution >= 0.6 is 11.3 Å². The monoisotopic (exact) mass is 457 g/mol. The lowest BCUT2D eigenvalue weighted by atomic mass is 10.0. The number of nitrogens with one attached hydrogen (secondary N) is 2. The molecular formula is C24H31N3O4S. The van der Waals surface area contributed by atoms with Crippen LogP contribution in [0.15, 0.2) is 41.8 Å². The van der Waals surface area contributed by atoms with Gasteiger partial charge in [0.25, 0.3) is 5.91 Å². The zero-order valence-electron chi connectivity index (χ0n) is 18.6. The number of hydrogen-bond donors (Lipinski definition) is 2. The van der Waals surface area contributed by atoms with E-state index < -0.39 is 0 Å². The second kappa shape index (κ2) is 11.7. The van der Waals surface area contributed by atoms with Gasteiger partial charge in [-0.3, -0.25) is 14.4 Å². The first-order valence-corrected chi connectivity index (χ1v) is 11.9. The van der Waals surface area contributed by atoms with Gasteiger partial charge in [-0.25, -0.2) is 0 Å². The Morgan fingerprint density at radius 3 is 2.47 bits per heavy atom. The molecule has 1 saturated heterocycles. The Bertz CT molecular complexity index is 910. The van der Waals surface area contributed by atoms with E-state index in [1.54, 1.807) is 0 Å². The van der Waals surface area contributed by atoms with Gasteiger partial charge in [-0.15, -0.1) is 11.3 Å². The standard InChI is InChI=1S/C24H31N3O4S/c1-3-19(26-23(29)15-20(25-17(2)28)22-11-8-14-32-22)18-9-4-5-10-21(18)31-16-24(30)27-12-6-7-13-27/h4-5,8-11,14,19-20H,3,6-7,12-13,15-16H2,1-2H3,(H,25,28)(H,26,29). The average Bonchev–Trinajstić information content (AvgIpc) is 3.50. The van der Waals surface area contributed by atoms with Crippen LogP contribution in [0.25, 0.3) is 0 Å². The summed E-state index contributed by atoms with van der Waals surface area (Å²) in [5.41, 5.74) is 0.838. The predicted octanol–water partition coefficient (Wildman–Crippen LogP) is 3.58. The highest BCUT2D eigenvalue weighted by molar-refractivity contribution is 7.10. The van der Waals surface area contributed by atoms with E-state index >= 15 is 0 Å². The Labute approximate surface area is 193 Å². The van der Waals surface area contributed by atoms with Crippen molar-refractivity contribution in [3.05, 3.63) is 52.2 Å². The molecule has 0 bridgehead atoms. The number of hydrogen-bond acceptors (Lipinski definition) is 5. The van der Waals surface area contributed by atoms with Crippen LogP contribution in [0.1, 0.15) is 62.1 Å². The number of nitrogens with zero attached hydrogens (tertiary/aromatic N) is 1. The molecule has 8 heteroatoms. The summed E-state index contributed by atoms with van der Waals surface area (Å²) in [6.45, 7) is 5.00. The molecule has 0 radical (unpaired) electrons. The molecule has 2 heterocycles. The van der Waals surface area contributed by atoms with Crippen LogP contribution in [-0.4, -0.2) is 42.3 Å². The Morgan fingerprint density at radius 2 is 1.81 bits per heavy atom. The molecule has 2 N–H and O–H groups in total. The zero-order chi connectivity index (χ0) is 22.9. The van der Waals surface area contributed by atoms with Crippen LogP contribution in [-0.2, 0) is 14.4 Å². The van der Waals surface area contributed by atoms with Crippen molar-refractivity contribution < 1.29 is 19.1 Å². The summed E-state index contributed by atoms with van der Waals surface area (Å²) in [6.07, 6.45) is 2.89. The molecule has 2 unspecified atom stereocenters. The fourth-order valence-corrected chi connectivity index (χ4v) is 4.67. The fourth-order valence-electron chi connectivity index (χ4n) is 3.89. The van der Waals surface area contributed by atoms with Gasteiger partial charge >= 0.3 is 0 Å². The summed E-state index contributed by atoms with van der Waals surface area (Å²) in [7, 11) is 0. The number of para-hydroxylation sites is 1. The maximum atomic E-state index is 12.9. The lowest BCUT2D eigenvalue weighted by Crippen LogP contribution is -2.34. The van der Waals surface area contributed by atoms with Crippen LogP contribution in [0.4, 0.5) is 0 Å². The highest BCUT2D eigenvalue weighted by atomic mass is 32.1. The summed E-state index contributed by atoms with van der Waals surface area (Å²) in [5, 5.41) is 7.85. The van der Waals surface area contributed by atoms with Crippen molar-refractivity contribution in [3.8, 4) is 5.75 Å². The molecule has 3 amide bonds. The van der Waals surface area contributed by atoms with Gasteiger partial charge in [0.15, 0.2) is 6.61 Å². The van der Waals surface area contributed by atoms with E-state index in [1.807, 2.05) is 53.6 Å². The summed E-state index contributed by atoms with van der Waals surface area (Å²) >= 11 is 1.51. The summed E-state index contributed by atoms with van der Waals surface area (Å²) in [4.78, 5) is 39.6. The lowest BCUT2D eigenvalue weighted by Gasteiger charge is -2.23. The van der Waals surface area contributed by atoms with Gasteiger partial charge in [-0.2, -0.15) is 0 Å². The average molecular weight is 458 g/mol. The number of ether oxygens (including phenoxy) is 1. The normalized spacial score (nSPS) is 15.1. The van der Waals surface area contributed by atoms with Crippen molar-refractivity contribution in [2.75, 3.05) is 19.7 Å². The number of likely N-dealkylation sites (tertiary alicyclic amines) is 1. The molecule has 1 aromatic carbocycles. The van der Waals surface area contributed by atoms with E-state index in [0.29, 0.717) is 12.2 Å². The Kier molecular flexibility index (Phi) is 8.67. The Hall–Kier alpha value is -2.87. The molecule has 0 aliphatic carbocycles. The highest BCUT2D eigenvalue weighted by Gasteiger charge is 2.23. The van der Waals surface area contributed by atoms with Crippen molar-refractivity contribution in [1.29, 1.82) is 0 Å². The lowest BCUT2D eigenvalue weighted by molar-refractivity contribution is -0.132. The first-order chi connectivity index (χ1) is 15.5. The largest absolute Gasteiger partial charge is 0.483 e. The minimum absolute atomic E-state index is 0.00955. The molecule has 1 aliphatic rings. The Morgan fingerprint density at radius 1 is 1.06 bits per heavy atom. The minimum Gasteiger partial charge on any atom is -0.483 e. The van der Waals surface area contributed by atoms with Gasteiger partial charge in [-0.05, 0) is 36.8 Å². The number of benzene rings is 1. The van der Waals surface area contributed by atoms with Gasteiger partial charge in [0.05, 0.1) is 18.5 Å². The molecule has 7 nitrogen and oxygen atoms in total. The van der Waals surface area contributed by atoms with E-state index in [2.05, 4.69) is 10.6 Å². The summed E-state index contributed by atoms with van der Waals surface area (Å²) in [5.74, 6) is 0.254. The smallest absolute Gasteiger partial charge is 0.260 e. The SMILES string of the molecule is CCC(NC(=O)CC(NC(C)=O)c1cccs1)c1ccccc1OCC(=O)N1CCCC1. The third-order valence-electron chi connectivity index (χ3n) is 5.50. The molecule has 2 atom stereocenters. The molecule has 1 aromatic heterocycles. The minimum atomic E-state index is -0.366. The molecule has 3 rings (SSSR count). The number of carbonyl (C=O) groups excluding carboxylic acids is 3. The van der Waals surface area contributed by atoms with Crippen LogP contribution in [0.2, 0.25) is 0 Å². The van der Waals surface area contributed by atoms with E-state index in [0.717, 1.165) is 36.4 Å². The van der Waals surface area contributed by atoms with Crippen molar-refractivity contribution in [3.63, 3.8) is 0 Å². The molecule has 32 heavy (non-hydrogen) atoms. The van der Waals surface area contributed by atoms with Gasteiger partial charge in [0.2, 0.25) is 11.8 Å². The second-order valence-corrected chi connectivity index (χ2v) is 8.89. The van der Waals surface area contributed by atoms with Gasteiger partial charge < -0.3 is 20.3 Å². The summed E-state index contributed by atoms with van der Waals surface area (Å²) in [6, 6.07) is 10.7. The fraction of sp³-hybridized carbons (Fsp3) is 0.458. The zero-order valence-corrected chi connectivity index (χ0v) is 19.5. The number of carbonyl (C=O) groups is 3. The van der Waals surface area contributed by atoms with Crippen molar-refractivity contribution in [1.82, 2.24) is 15.5 Å². The second-order valence-electron chi connectivity index (χ2n) is 7.92. The molecule has 0 spiro atoms. The quantitative estimate of drug-likeness (QED) is 0.571. The molecule has 172 valence electrons.